The summed E-state index contributed by atoms with van der Waals surface area (Å²) in [6, 6.07) is 7.35. The van der Waals surface area contributed by atoms with Crippen molar-refractivity contribution in [2.75, 3.05) is 31.4 Å². The second-order valence-electron chi connectivity index (χ2n) is 3.99. The molecule has 0 aliphatic rings. The average molecular weight is 274 g/mol. The van der Waals surface area contributed by atoms with Crippen molar-refractivity contribution in [1.29, 1.82) is 0 Å². The maximum atomic E-state index is 5.34. The van der Waals surface area contributed by atoms with Crippen LogP contribution < -0.4 is 20.1 Å². The SMILES string of the molecule is CCNc1nccc(Nc2ccc(OC)cc2OC)n1. The van der Waals surface area contributed by atoms with Crippen LogP contribution in [0.1, 0.15) is 6.92 Å². The maximum Gasteiger partial charge on any atom is 0.224 e. The average Bonchev–Trinajstić information content (AvgIpc) is 2.48. The fraction of sp³-hybridized carbons (Fsp3) is 0.286. The van der Waals surface area contributed by atoms with E-state index in [0.29, 0.717) is 17.5 Å². The number of benzene rings is 1. The zero-order chi connectivity index (χ0) is 14.4. The molecule has 1 heterocycles. The number of ether oxygens (including phenoxy) is 2. The standard InChI is InChI=1S/C14H18N4O2/c1-4-15-14-16-8-7-13(18-14)17-11-6-5-10(19-2)9-12(11)20-3/h5-9H,4H2,1-3H3,(H2,15,16,17,18). The third kappa shape index (κ3) is 3.28. The number of nitrogens with zero attached hydrogens (tertiary/aromatic N) is 2. The number of rotatable bonds is 6. The zero-order valence-electron chi connectivity index (χ0n) is 11.8. The minimum Gasteiger partial charge on any atom is -0.497 e. The van der Waals surface area contributed by atoms with Gasteiger partial charge in [0.2, 0.25) is 5.95 Å². The fourth-order valence-corrected chi connectivity index (χ4v) is 1.71. The molecule has 0 saturated carbocycles. The monoisotopic (exact) mass is 274 g/mol. The van der Waals surface area contributed by atoms with Crippen molar-refractivity contribution in [3.63, 3.8) is 0 Å². The van der Waals surface area contributed by atoms with E-state index in [2.05, 4.69) is 20.6 Å². The molecule has 2 N–H and O–H groups in total. The molecule has 1 aromatic carbocycles. The van der Waals surface area contributed by atoms with Crippen molar-refractivity contribution >= 4 is 17.5 Å². The Bertz CT molecular complexity index is 575. The predicted molar refractivity (Wildman–Crippen MR) is 79.0 cm³/mol. The summed E-state index contributed by atoms with van der Waals surface area (Å²) < 4.78 is 10.5. The highest BCUT2D eigenvalue weighted by Crippen LogP contribution is 2.30. The maximum absolute atomic E-state index is 5.34. The van der Waals surface area contributed by atoms with Crippen LogP contribution in [0.5, 0.6) is 11.5 Å². The van der Waals surface area contributed by atoms with Crippen LogP contribution in [0.4, 0.5) is 17.5 Å². The summed E-state index contributed by atoms with van der Waals surface area (Å²) in [6.07, 6.45) is 1.70. The van der Waals surface area contributed by atoms with E-state index in [4.69, 9.17) is 9.47 Å². The Labute approximate surface area is 118 Å². The van der Waals surface area contributed by atoms with E-state index in [1.165, 1.54) is 0 Å². The van der Waals surface area contributed by atoms with Crippen molar-refractivity contribution in [3.05, 3.63) is 30.5 Å². The van der Waals surface area contributed by atoms with E-state index in [9.17, 15) is 0 Å². The number of anilines is 3. The number of hydrogen-bond donors (Lipinski definition) is 2. The van der Waals surface area contributed by atoms with Crippen LogP contribution >= 0.6 is 0 Å². The molecule has 0 radical (unpaired) electrons. The normalized spacial score (nSPS) is 9.95. The second kappa shape index (κ2) is 6.60. The van der Waals surface area contributed by atoms with E-state index in [-0.39, 0.29) is 0 Å². The Balaban J connectivity index is 2.22. The topological polar surface area (TPSA) is 68.3 Å². The molecular formula is C14H18N4O2. The lowest BCUT2D eigenvalue weighted by molar-refractivity contribution is 0.395. The Kier molecular flexibility index (Phi) is 4.60. The largest absolute Gasteiger partial charge is 0.497 e. The van der Waals surface area contributed by atoms with Gasteiger partial charge in [-0.15, -0.1) is 0 Å². The molecule has 0 aliphatic heterocycles. The Morgan fingerprint density at radius 1 is 1.15 bits per heavy atom. The van der Waals surface area contributed by atoms with Crippen molar-refractivity contribution < 1.29 is 9.47 Å². The van der Waals surface area contributed by atoms with Gasteiger partial charge in [0.25, 0.3) is 0 Å². The van der Waals surface area contributed by atoms with Crippen LogP contribution in [0.15, 0.2) is 30.5 Å². The minimum atomic E-state index is 0.588. The molecule has 20 heavy (non-hydrogen) atoms. The van der Waals surface area contributed by atoms with Gasteiger partial charge in [0, 0.05) is 18.8 Å². The van der Waals surface area contributed by atoms with Crippen molar-refractivity contribution in [3.8, 4) is 11.5 Å². The van der Waals surface area contributed by atoms with E-state index >= 15 is 0 Å². The molecule has 0 amide bonds. The first kappa shape index (κ1) is 13.9. The summed E-state index contributed by atoms with van der Waals surface area (Å²) in [5.74, 6) is 2.71. The number of methoxy groups -OCH3 is 2. The van der Waals surface area contributed by atoms with E-state index in [1.807, 2.05) is 25.1 Å². The van der Waals surface area contributed by atoms with Gasteiger partial charge in [0.1, 0.15) is 17.3 Å². The van der Waals surface area contributed by atoms with Crippen LogP contribution in [0.2, 0.25) is 0 Å². The summed E-state index contributed by atoms with van der Waals surface area (Å²) in [7, 11) is 3.24. The highest BCUT2D eigenvalue weighted by molar-refractivity contribution is 5.66. The van der Waals surface area contributed by atoms with Gasteiger partial charge in [-0.3, -0.25) is 0 Å². The van der Waals surface area contributed by atoms with Crippen LogP contribution in [0.25, 0.3) is 0 Å². The number of nitrogens with one attached hydrogen (secondary N) is 2. The third-order valence-electron chi connectivity index (χ3n) is 2.66. The molecule has 0 unspecified atom stereocenters. The zero-order valence-corrected chi connectivity index (χ0v) is 11.8. The van der Waals surface area contributed by atoms with Crippen LogP contribution in [-0.2, 0) is 0 Å². The minimum absolute atomic E-state index is 0.588. The second-order valence-corrected chi connectivity index (χ2v) is 3.99. The Morgan fingerprint density at radius 3 is 2.70 bits per heavy atom. The third-order valence-corrected chi connectivity index (χ3v) is 2.66. The highest BCUT2D eigenvalue weighted by Gasteiger charge is 2.06. The van der Waals surface area contributed by atoms with Gasteiger partial charge in [0.15, 0.2) is 0 Å². The van der Waals surface area contributed by atoms with Crippen molar-refractivity contribution in [1.82, 2.24) is 9.97 Å². The van der Waals surface area contributed by atoms with E-state index < -0.39 is 0 Å². The Morgan fingerprint density at radius 2 is 2.00 bits per heavy atom. The molecule has 2 aromatic rings. The highest BCUT2D eigenvalue weighted by atomic mass is 16.5. The lowest BCUT2D eigenvalue weighted by Gasteiger charge is -2.12. The summed E-state index contributed by atoms with van der Waals surface area (Å²) in [6.45, 7) is 2.77. The van der Waals surface area contributed by atoms with Gasteiger partial charge in [-0.05, 0) is 25.1 Å². The molecule has 0 atom stereocenters. The molecule has 0 saturated heterocycles. The molecular weight excluding hydrogens is 256 g/mol. The lowest BCUT2D eigenvalue weighted by atomic mass is 10.2. The molecule has 0 spiro atoms. The van der Waals surface area contributed by atoms with Gasteiger partial charge in [-0.2, -0.15) is 4.98 Å². The van der Waals surface area contributed by atoms with Crippen LogP contribution in [0, 0.1) is 0 Å². The van der Waals surface area contributed by atoms with Gasteiger partial charge < -0.3 is 20.1 Å². The molecule has 6 nitrogen and oxygen atoms in total. The van der Waals surface area contributed by atoms with E-state index in [0.717, 1.165) is 18.0 Å². The molecule has 1 aromatic heterocycles. The summed E-state index contributed by atoms with van der Waals surface area (Å²) in [5.41, 5.74) is 0.814. The first-order valence-electron chi connectivity index (χ1n) is 6.32. The molecule has 0 aliphatic carbocycles. The van der Waals surface area contributed by atoms with Gasteiger partial charge in [-0.1, -0.05) is 0 Å². The number of aromatic nitrogens is 2. The van der Waals surface area contributed by atoms with Crippen molar-refractivity contribution in [2.45, 2.75) is 6.92 Å². The van der Waals surface area contributed by atoms with E-state index in [1.54, 1.807) is 26.5 Å². The number of hydrogen-bond acceptors (Lipinski definition) is 6. The van der Waals surface area contributed by atoms with Gasteiger partial charge in [-0.25, -0.2) is 4.98 Å². The van der Waals surface area contributed by atoms with Crippen molar-refractivity contribution in [2.24, 2.45) is 0 Å². The molecule has 0 bridgehead atoms. The quantitative estimate of drug-likeness (QED) is 0.844. The molecule has 106 valence electrons. The van der Waals surface area contributed by atoms with Gasteiger partial charge >= 0.3 is 0 Å². The molecule has 0 fully saturated rings. The Hall–Kier alpha value is -2.50. The molecule has 2 rings (SSSR count). The first-order valence-corrected chi connectivity index (χ1v) is 6.32. The fourth-order valence-electron chi connectivity index (χ4n) is 1.71. The predicted octanol–water partition coefficient (Wildman–Crippen LogP) is 2.67. The van der Waals surface area contributed by atoms with Crippen LogP contribution in [0.3, 0.4) is 0 Å². The summed E-state index contributed by atoms with van der Waals surface area (Å²) in [4.78, 5) is 8.48. The molecule has 6 heteroatoms. The summed E-state index contributed by atoms with van der Waals surface area (Å²) in [5, 5.41) is 6.27. The lowest BCUT2D eigenvalue weighted by Crippen LogP contribution is -2.04. The summed E-state index contributed by atoms with van der Waals surface area (Å²) >= 11 is 0. The van der Waals surface area contributed by atoms with Crippen LogP contribution in [-0.4, -0.2) is 30.7 Å². The first-order chi connectivity index (χ1) is 9.76. The van der Waals surface area contributed by atoms with Gasteiger partial charge in [0.05, 0.1) is 19.9 Å². The smallest absolute Gasteiger partial charge is 0.224 e.